The predicted molar refractivity (Wildman–Crippen MR) is 78.7 cm³/mol. The summed E-state index contributed by atoms with van der Waals surface area (Å²) in [5.41, 5.74) is 6.31. The molecule has 0 spiro atoms. The van der Waals surface area contributed by atoms with Crippen LogP contribution in [0.15, 0.2) is 59.5 Å². The maximum absolute atomic E-state index is 11.9. The molecule has 0 fully saturated rings. The summed E-state index contributed by atoms with van der Waals surface area (Å²) in [6.07, 6.45) is 0.756. The summed E-state index contributed by atoms with van der Waals surface area (Å²) in [5.74, 6) is 1.40. The van der Waals surface area contributed by atoms with Gasteiger partial charge in [0.1, 0.15) is 5.75 Å². The van der Waals surface area contributed by atoms with Gasteiger partial charge in [0.2, 0.25) is 0 Å². The van der Waals surface area contributed by atoms with Gasteiger partial charge in [0.05, 0.1) is 17.4 Å². The molecule has 2 aromatic rings. The molecule has 2 aromatic carbocycles. The Morgan fingerprint density at radius 1 is 1.00 bits per heavy atom. The SMILES string of the molecule is Nc1ccc(OCCCS(=O)c2ccccc2)cc1. The maximum atomic E-state index is 11.9. The molecular weight excluding hydrogens is 258 g/mol. The second-order valence-corrected chi connectivity index (χ2v) is 5.70. The van der Waals surface area contributed by atoms with Crippen LogP contribution in [0.25, 0.3) is 0 Å². The molecule has 0 bridgehead atoms. The summed E-state index contributed by atoms with van der Waals surface area (Å²) < 4.78 is 17.5. The van der Waals surface area contributed by atoms with Gasteiger partial charge in [-0.15, -0.1) is 0 Å². The number of nitrogens with two attached hydrogens (primary N) is 1. The van der Waals surface area contributed by atoms with Crippen molar-refractivity contribution in [3.63, 3.8) is 0 Å². The second kappa shape index (κ2) is 6.95. The largest absolute Gasteiger partial charge is 0.494 e. The molecular formula is C15H17NO2S. The Kier molecular flexibility index (Phi) is 4.98. The smallest absolute Gasteiger partial charge is 0.119 e. The fraction of sp³-hybridized carbons (Fsp3) is 0.200. The van der Waals surface area contributed by atoms with Crippen LogP contribution in [0.4, 0.5) is 5.69 Å². The molecule has 0 aromatic heterocycles. The van der Waals surface area contributed by atoms with E-state index in [1.54, 1.807) is 12.1 Å². The van der Waals surface area contributed by atoms with Crippen molar-refractivity contribution in [3.05, 3.63) is 54.6 Å². The van der Waals surface area contributed by atoms with E-state index in [1.165, 1.54) is 0 Å². The number of hydrogen-bond donors (Lipinski definition) is 1. The Hall–Kier alpha value is -1.81. The first-order valence-corrected chi connectivity index (χ1v) is 7.49. The van der Waals surface area contributed by atoms with Crippen molar-refractivity contribution in [1.29, 1.82) is 0 Å². The van der Waals surface area contributed by atoms with Gasteiger partial charge >= 0.3 is 0 Å². The van der Waals surface area contributed by atoms with Crippen LogP contribution in [0.5, 0.6) is 5.75 Å². The lowest BCUT2D eigenvalue weighted by Crippen LogP contribution is -2.04. The molecule has 1 atom stereocenters. The van der Waals surface area contributed by atoms with Crippen molar-refractivity contribution in [2.45, 2.75) is 11.3 Å². The van der Waals surface area contributed by atoms with E-state index >= 15 is 0 Å². The van der Waals surface area contributed by atoms with Gasteiger partial charge in [-0.1, -0.05) is 18.2 Å². The van der Waals surface area contributed by atoms with E-state index < -0.39 is 10.8 Å². The number of ether oxygens (including phenoxy) is 1. The molecule has 0 heterocycles. The fourth-order valence-electron chi connectivity index (χ4n) is 1.63. The maximum Gasteiger partial charge on any atom is 0.119 e. The Morgan fingerprint density at radius 2 is 1.68 bits per heavy atom. The highest BCUT2D eigenvalue weighted by Crippen LogP contribution is 2.13. The minimum Gasteiger partial charge on any atom is -0.494 e. The number of anilines is 1. The van der Waals surface area contributed by atoms with Crippen molar-refractivity contribution in [3.8, 4) is 5.75 Å². The zero-order valence-corrected chi connectivity index (χ0v) is 11.4. The average molecular weight is 275 g/mol. The summed E-state index contributed by atoms with van der Waals surface area (Å²) in [5, 5.41) is 0. The Balaban J connectivity index is 1.72. The number of hydrogen-bond acceptors (Lipinski definition) is 3. The summed E-state index contributed by atoms with van der Waals surface area (Å²) in [6.45, 7) is 0.558. The van der Waals surface area contributed by atoms with Gasteiger partial charge in [0, 0.05) is 16.3 Å². The molecule has 100 valence electrons. The van der Waals surface area contributed by atoms with E-state index in [1.807, 2.05) is 42.5 Å². The van der Waals surface area contributed by atoms with E-state index in [0.717, 1.165) is 22.8 Å². The Morgan fingerprint density at radius 3 is 2.37 bits per heavy atom. The quantitative estimate of drug-likeness (QED) is 0.651. The monoisotopic (exact) mass is 275 g/mol. The van der Waals surface area contributed by atoms with Crippen LogP contribution < -0.4 is 10.5 Å². The van der Waals surface area contributed by atoms with Gasteiger partial charge in [-0.2, -0.15) is 0 Å². The summed E-state index contributed by atoms with van der Waals surface area (Å²) >= 11 is 0. The summed E-state index contributed by atoms with van der Waals surface area (Å²) in [4.78, 5) is 0.870. The molecule has 2 rings (SSSR count). The minimum atomic E-state index is -0.945. The van der Waals surface area contributed by atoms with Crippen molar-refractivity contribution >= 4 is 16.5 Å². The first-order valence-electron chi connectivity index (χ1n) is 6.17. The van der Waals surface area contributed by atoms with Crippen LogP contribution >= 0.6 is 0 Å². The molecule has 3 nitrogen and oxygen atoms in total. The topological polar surface area (TPSA) is 52.3 Å². The molecule has 19 heavy (non-hydrogen) atoms. The van der Waals surface area contributed by atoms with Crippen LogP contribution in [0.3, 0.4) is 0 Å². The third-order valence-electron chi connectivity index (χ3n) is 2.63. The lowest BCUT2D eigenvalue weighted by Gasteiger charge is -2.06. The second-order valence-electron chi connectivity index (χ2n) is 4.13. The van der Waals surface area contributed by atoms with Gasteiger partial charge in [-0.25, -0.2) is 0 Å². The first kappa shape index (κ1) is 13.6. The van der Waals surface area contributed by atoms with E-state index in [9.17, 15) is 4.21 Å². The highest BCUT2D eigenvalue weighted by atomic mass is 32.2. The van der Waals surface area contributed by atoms with Crippen LogP contribution in [0.1, 0.15) is 6.42 Å². The standard InChI is InChI=1S/C15H17NO2S/c16-13-7-9-14(10-8-13)18-11-4-12-19(17)15-5-2-1-3-6-15/h1-3,5-10H,4,11-12,16H2. The van der Waals surface area contributed by atoms with Crippen molar-refractivity contribution < 1.29 is 8.95 Å². The minimum absolute atomic E-state index is 0.558. The molecule has 0 aliphatic carbocycles. The van der Waals surface area contributed by atoms with Gasteiger partial charge < -0.3 is 10.5 Å². The number of nitrogen functional groups attached to an aromatic ring is 1. The molecule has 2 N–H and O–H groups in total. The molecule has 1 unspecified atom stereocenters. The van der Waals surface area contributed by atoms with Gasteiger partial charge in [0.15, 0.2) is 0 Å². The highest BCUT2D eigenvalue weighted by Gasteiger charge is 2.02. The van der Waals surface area contributed by atoms with Crippen molar-refractivity contribution in [2.75, 3.05) is 18.1 Å². The third-order valence-corrected chi connectivity index (χ3v) is 4.09. The number of rotatable bonds is 6. The summed E-state index contributed by atoms with van der Waals surface area (Å²) in [6, 6.07) is 16.8. The van der Waals surface area contributed by atoms with Crippen LogP contribution in [0.2, 0.25) is 0 Å². The number of benzene rings is 2. The fourth-order valence-corrected chi connectivity index (χ4v) is 2.71. The van der Waals surface area contributed by atoms with Crippen LogP contribution in [-0.2, 0) is 10.8 Å². The molecule has 0 saturated heterocycles. The van der Waals surface area contributed by atoms with Crippen LogP contribution in [0, 0.1) is 0 Å². The zero-order chi connectivity index (χ0) is 13.5. The lowest BCUT2D eigenvalue weighted by atomic mass is 10.3. The van der Waals surface area contributed by atoms with E-state index in [0.29, 0.717) is 12.4 Å². The lowest BCUT2D eigenvalue weighted by molar-refractivity contribution is 0.318. The van der Waals surface area contributed by atoms with Gasteiger partial charge in [-0.3, -0.25) is 4.21 Å². The van der Waals surface area contributed by atoms with Gasteiger partial charge in [0.25, 0.3) is 0 Å². The van der Waals surface area contributed by atoms with Crippen LogP contribution in [-0.4, -0.2) is 16.6 Å². The molecule has 4 heteroatoms. The highest BCUT2D eigenvalue weighted by molar-refractivity contribution is 7.85. The molecule has 0 saturated carbocycles. The molecule has 0 radical (unpaired) electrons. The van der Waals surface area contributed by atoms with Crippen molar-refractivity contribution in [2.24, 2.45) is 0 Å². The summed E-state index contributed by atoms with van der Waals surface area (Å²) in [7, 11) is -0.945. The Bertz CT molecular complexity index is 526. The molecule has 0 aliphatic rings. The molecule has 0 aliphatic heterocycles. The van der Waals surface area contributed by atoms with E-state index in [-0.39, 0.29) is 0 Å². The zero-order valence-electron chi connectivity index (χ0n) is 10.6. The van der Waals surface area contributed by atoms with Gasteiger partial charge in [-0.05, 0) is 42.8 Å². The first-order chi connectivity index (χ1) is 9.25. The molecule has 0 amide bonds. The Labute approximate surface area is 115 Å². The third kappa shape index (κ3) is 4.41. The van der Waals surface area contributed by atoms with Crippen molar-refractivity contribution in [1.82, 2.24) is 0 Å². The van der Waals surface area contributed by atoms with E-state index in [4.69, 9.17) is 10.5 Å². The predicted octanol–water partition coefficient (Wildman–Crippen LogP) is 2.85. The normalized spacial score (nSPS) is 12.0. The average Bonchev–Trinajstić information content (AvgIpc) is 2.46. The van der Waals surface area contributed by atoms with E-state index in [2.05, 4.69) is 0 Å².